The van der Waals surface area contributed by atoms with Gasteiger partial charge in [0, 0.05) is 16.4 Å². The van der Waals surface area contributed by atoms with E-state index in [1.807, 2.05) is 6.92 Å². The summed E-state index contributed by atoms with van der Waals surface area (Å²) in [5.41, 5.74) is 1.20. The summed E-state index contributed by atoms with van der Waals surface area (Å²) in [5.74, 6) is 0.384. The summed E-state index contributed by atoms with van der Waals surface area (Å²) >= 11 is 1.22. The molecular formula is C20H29F5OS. The average Bonchev–Trinajstić information content (AvgIpc) is 2.92. The molecule has 3 aliphatic rings. The number of hydrogen-bond acceptors (Lipinski definition) is 2. The zero-order valence-electron chi connectivity index (χ0n) is 16.0. The van der Waals surface area contributed by atoms with Crippen LogP contribution in [0.5, 0.6) is 0 Å². The molecule has 156 valence electrons. The third-order valence-electron chi connectivity index (χ3n) is 6.71. The van der Waals surface area contributed by atoms with Gasteiger partial charge in [-0.15, -0.1) is 24.9 Å². The molecule has 0 N–H and O–H groups in total. The standard InChI is InChI=1S/C20H29F5OS/c1-10-4-6-13(7-5-10)15-9-8-14-11(2)18(27-19(14)17(15)22)16(21)12(3)26-20(23,24)25/h6,10-12,14-19H,4-5,7-9H2,1-3H3. The molecule has 0 spiro atoms. The number of thioether (sulfide) groups is 1. The van der Waals surface area contributed by atoms with Gasteiger partial charge in [0.15, 0.2) is 0 Å². The highest BCUT2D eigenvalue weighted by Gasteiger charge is 2.54. The second-order valence-electron chi connectivity index (χ2n) is 8.59. The summed E-state index contributed by atoms with van der Waals surface area (Å²) in [6.45, 7) is 5.16. The van der Waals surface area contributed by atoms with Gasteiger partial charge in [0.2, 0.25) is 0 Å². The molecule has 1 saturated heterocycles. The summed E-state index contributed by atoms with van der Waals surface area (Å²) in [6, 6.07) is 0. The first kappa shape index (κ1) is 21.4. The maximum absolute atomic E-state index is 15.4. The van der Waals surface area contributed by atoms with Crippen LogP contribution in [0.4, 0.5) is 22.0 Å². The average molecular weight is 413 g/mol. The van der Waals surface area contributed by atoms with Crippen LogP contribution in [0, 0.1) is 23.7 Å². The van der Waals surface area contributed by atoms with Crippen molar-refractivity contribution in [1.82, 2.24) is 0 Å². The van der Waals surface area contributed by atoms with E-state index in [9.17, 15) is 17.6 Å². The molecule has 1 heterocycles. The zero-order chi connectivity index (χ0) is 19.9. The minimum absolute atomic E-state index is 0.0192. The second kappa shape index (κ2) is 8.21. The highest BCUT2D eigenvalue weighted by molar-refractivity contribution is 8.00. The van der Waals surface area contributed by atoms with E-state index in [0.29, 0.717) is 5.92 Å². The molecule has 2 fully saturated rings. The third-order valence-corrected chi connectivity index (χ3v) is 8.63. The Morgan fingerprint density at radius 2 is 1.89 bits per heavy atom. The Hall–Kier alpha value is -0.300. The molecule has 0 aromatic carbocycles. The molecule has 0 aromatic rings. The molecule has 0 aromatic heterocycles. The van der Waals surface area contributed by atoms with Crippen LogP contribution < -0.4 is 0 Å². The van der Waals surface area contributed by atoms with Gasteiger partial charge in [-0.1, -0.05) is 25.5 Å². The van der Waals surface area contributed by atoms with Crippen LogP contribution in [-0.2, 0) is 4.74 Å². The Balaban J connectivity index is 1.67. The summed E-state index contributed by atoms with van der Waals surface area (Å²) in [5, 5.41) is -0.991. The number of allylic oxidation sites excluding steroid dienone is 2. The van der Waals surface area contributed by atoms with Gasteiger partial charge in [0.25, 0.3) is 0 Å². The zero-order valence-corrected chi connectivity index (χ0v) is 16.8. The quantitative estimate of drug-likeness (QED) is 0.386. The highest BCUT2D eigenvalue weighted by Crippen LogP contribution is 2.55. The summed E-state index contributed by atoms with van der Waals surface area (Å²) in [6.07, 6.45) is -2.52. The van der Waals surface area contributed by atoms with Gasteiger partial charge < -0.3 is 0 Å². The van der Waals surface area contributed by atoms with Crippen LogP contribution in [0.25, 0.3) is 0 Å². The minimum atomic E-state index is -4.86. The minimum Gasteiger partial charge on any atom is -0.286 e. The van der Waals surface area contributed by atoms with Gasteiger partial charge in [-0.25, -0.2) is 8.78 Å². The monoisotopic (exact) mass is 412 g/mol. The number of ether oxygens (including phenoxy) is 1. The van der Waals surface area contributed by atoms with Gasteiger partial charge >= 0.3 is 6.36 Å². The van der Waals surface area contributed by atoms with E-state index in [-0.39, 0.29) is 23.0 Å². The van der Waals surface area contributed by atoms with Gasteiger partial charge in [-0.3, -0.25) is 4.74 Å². The van der Waals surface area contributed by atoms with Crippen molar-refractivity contribution < 1.29 is 26.7 Å². The second-order valence-corrected chi connectivity index (χ2v) is 9.95. The lowest BCUT2D eigenvalue weighted by Gasteiger charge is -2.38. The van der Waals surface area contributed by atoms with Gasteiger partial charge in [0.05, 0.1) is 6.10 Å². The Morgan fingerprint density at radius 3 is 2.48 bits per heavy atom. The number of hydrogen-bond donors (Lipinski definition) is 0. The lowest BCUT2D eigenvalue weighted by atomic mass is 9.70. The van der Waals surface area contributed by atoms with Crippen molar-refractivity contribution in [3.8, 4) is 0 Å². The lowest BCUT2D eigenvalue weighted by Crippen LogP contribution is -2.40. The fourth-order valence-corrected chi connectivity index (χ4v) is 7.18. The van der Waals surface area contributed by atoms with E-state index >= 15 is 4.39 Å². The summed E-state index contributed by atoms with van der Waals surface area (Å²) < 4.78 is 71.3. The van der Waals surface area contributed by atoms with Crippen molar-refractivity contribution in [2.45, 2.75) is 88.2 Å². The predicted octanol–water partition coefficient (Wildman–Crippen LogP) is 6.48. The Morgan fingerprint density at radius 1 is 1.19 bits per heavy atom. The normalized spacial score (nSPS) is 42.4. The number of alkyl halides is 5. The molecule has 9 atom stereocenters. The lowest BCUT2D eigenvalue weighted by molar-refractivity contribution is -0.346. The Labute approximate surface area is 162 Å². The largest absolute Gasteiger partial charge is 0.522 e. The number of halogens is 5. The summed E-state index contributed by atoms with van der Waals surface area (Å²) in [7, 11) is 0. The van der Waals surface area contributed by atoms with Crippen LogP contribution in [-0.4, -0.2) is 35.3 Å². The van der Waals surface area contributed by atoms with Crippen molar-refractivity contribution in [1.29, 1.82) is 0 Å². The maximum Gasteiger partial charge on any atom is 0.522 e. The number of fused-ring (bicyclic) bond motifs is 1. The van der Waals surface area contributed by atoms with Gasteiger partial charge in [0.1, 0.15) is 12.3 Å². The molecular weight excluding hydrogens is 383 g/mol. The van der Waals surface area contributed by atoms with Crippen molar-refractivity contribution >= 4 is 11.8 Å². The molecule has 27 heavy (non-hydrogen) atoms. The molecule has 3 rings (SSSR count). The molecule has 1 aliphatic heterocycles. The van der Waals surface area contributed by atoms with Crippen molar-refractivity contribution in [3.63, 3.8) is 0 Å². The molecule has 2 aliphatic carbocycles. The van der Waals surface area contributed by atoms with Crippen molar-refractivity contribution in [2.75, 3.05) is 0 Å². The predicted molar refractivity (Wildman–Crippen MR) is 98.0 cm³/mol. The Kier molecular flexibility index (Phi) is 6.51. The SMILES string of the molecule is CC1CC=C(C2CCC3C(C)C(C(F)C(C)OC(F)(F)F)SC3C2F)CC1. The van der Waals surface area contributed by atoms with Gasteiger partial charge in [-0.2, -0.15) is 0 Å². The topological polar surface area (TPSA) is 9.23 Å². The fraction of sp³-hybridized carbons (Fsp3) is 0.900. The van der Waals surface area contributed by atoms with Crippen LogP contribution in [0.1, 0.15) is 52.9 Å². The van der Waals surface area contributed by atoms with Crippen LogP contribution in [0.2, 0.25) is 0 Å². The van der Waals surface area contributed by atoms with Crippen molar-refractivity contribution in [2.24, 2.45) is 23.7 Å². The van der Waals surface area contributed by atoms with Gasteiger partial charge in [-0.05, 0) is 56.8 Å². The summed E-state index contributed by atoms with van der Waals surface area (Å²) in [4.78, 5) is 0. The molecule has 0 radical (unpaired) electrons. The van der Waals surface area contributed by atoms with Crippen LogP contribution in [0.3, 0.4) is 0 Å². The number of rotatable bonds is 4. The third kappa shape index (κ3) is 4.65. The molecule has 7 heteroatoms. The van der Waals surface area contributed by atoms with E-state index in [4.69, 9.17) is 0 Å². The van der Waals surface area contributed by atoms with Crippen LogP contribution in [0.15, 0.2) is 11.6 Å². The molecule has 0 bridgehead atoms. The molecule has 9 unspecified atom stereocenters. The van der Waals surface area contributed by atoms with Crippen LogP contribution >= 0.6 is 11.8 Å². The maximum atomic E-state index is 15.4. The Bertz CT molecular complexity index is 551. The van der Waals surface area contributed by atoms with E-state index < -0.39 is 30.1 Å². The highest BCUT2D eigenvalue weighted by atomic mass is 32.2. The first-order valence-electron chi connectivity index (χ1n) is 9.95. The first-order valence-corrected chi connectivity index (χ1v) is 10.9. The van der Waals surface area contributed by atoms with E-state index in [2.05, 4.69) is 17.7 Å². The first-order chi connectivity index (χ1) is 12.6. The van der Waals surface area contributed by atoms with E-state index in [0.717, 1.165) is 39.0 Å². The smallest absolute Gasteiger partial charge is 0.286 e. The molecule has 1 saturated carbocycles. The fourth-order valence-electron chi connectivity index (χ4n) is 5.07. The van der Waals surface area contributed by atoms with Crippen molar-refractivity contribution in [3.05, 3.63) is 11.6 Å². The molecule has 0 amide bonds. The van der Waals surface area contributed by atoms with E-state index in [1.54, 1.807) is 0 Å². The van der Waals surface area contributed by atoms with E-state index in [1.165, 1.54) is 17.3 Å². The molecule has 1 nitrogen and oxygen atoms in total.